The van der Waals surface area contributed by atoms with Crippen molar-refractivity contribution in [1.29, 1.82) is 0 Å². The topological polar surface area (TPSA) is 34.9 Å². The summed E-state index contributed by atoms with van der Waals surface area (Å²) in [6, 6.07) is 8.30. The van der Waals surface area contributed by atoms with Crippen LogP contribution < -0.4 is 5.56 Å². The predicted molar refractivity (Wildman–Crippen MR) is 81.1 cm³/mol. The van der Waals surface area contributed by atoms with Crippen molar-refractivity contribution in [3.8, 4) is 11.3 Å². The van der Waals surface area contributed by atoms with Crippen LogP contribution >= 0.6 is 11.6 Å². The van der Waals surface area contributed by atoms with E-state index >= 15 is 0 Å². The van der Waals surface area contributed by atoms with Crippen molar-refractivity contribution >= 4 is 11.6 Å². The van der Waals surface area contributed by atoms with Gasteiger partial charge < -0.3 is 0 Å². The summed E-state index contributed by atoms with van der Waals surface area (Å²) < 4.78 is 1.37. The molecule has 1 aliphatic rings. The van der Waals surface area contributed by atoms with Gasteiger partial charge in [-0.15, -0.1) is 11.6 Å². The largest absolute Gasteiger partial charge is 0.270 e. The Hall–Kier alpha value is -1.61. The summed E-state index contributed by atoms with van der Waals surface area (Å²) in [6.07, 6.45) is 4.84. The van der Waals surface area contributed by atoms with Crippen LogP contribution in [0.4, 0.5) is 0 Å². The number of alkyl halides is 1. The van der Waals surface area contributed by atoms with E-state index in [1.807, 2.05) is 0 Å². The third-order valence-corrected chi connectivity index (χ3v) is 4.21. The van der Waals surface area contributed by atoms with Crippen LogP contribution in [0.1, 0.15) is 29.5 Å². The second-order valence-electron chi connectivity index (χ2n) is 5.31. The van der Waals surface area contributed by atoms with Crippen LogP contribution in [-0.4, -0.2) is 9.78 Å². The molecule has 0 spiro atoms. The fraction of sp³-hybridized carbons (Fsp3) is 0.375. The molecule has 0 N–H and O–H groups in total. The molecule has 1 aliphatic carbocycles. The SMILES string of the molecule is Cn1nc(-c2ccc3c(c2)CCCC3)cc(CCl)c1=O. The van der Waals surface area contributed by atoms with E-state index in [1.165, 1.54) is 35.1 Å². The van der Waals surface area contributed by atoms with Crippen molar-refractivity contribution in [1.82, 2.24) is 9.78 Å². The Balaban J connectivity index is 2.09. The lowest BCUT2D eigenvalue weighted by atomic mass is 9.90. The zero-order chi connectivity index (χ0) is 14.1. The van der Waals surface area contributed by atoms with Crippen molar-refractivity contribution in [3.63, 3.8) is 0 Å². The number of nitrogens with zero attached hydrogens (tertiary/aromatic N) is 2. The summed E-state index contributed by atoms with van der Waals surface area (Å²) >= 11 is 5.84. The minimum Gasteiger partial charge on any atom is -0.267 e. The number of hydrogen-bond donors (Lipinski definition) is 0. The van der Waals surface area contributed by atoms with E-state index in [-0.39, 0.29) is 11.4 Å². The third-order valence-electron chi connectivity index (χ3n) is 3.93. The van der Waals surface area contributed by atoms with Gasteiger partial charge in [0.15, 0.2) is 0 Å². The van der Waals surface area contributed by atoms with Gasteiger partial charge in [0, 0.05) is 18.2 Å². The van der Waals surface area contributed by atoms with Crippen LogP contribution in [0.3, 0.4) is 0 Å². The van der Waals surface area contributed by atoms with E-state index in [0.29, 0.717) is 5.56 Å². The van der Waals surface area contributed by atoms with Crippen molar-refractivity contribution < 1.29 is 0 Å². The third kappa shape index (κ3) is 2.38. The normalized spacial score (nSPS) is 14.1. The average Bonchev–Trinajstić information content (AvgIpc) is 2.49. The van der Waals surface area contributed by atoms with Gasteiger partial charge in [0.1, 0.15) is 0 Å². The second kappa shape index (κ2) is 5.41. The molecular weight excluding hydrogens is 272 g/mol. The molecule has 0 amide bonds. The summed E-state index contributed by atoms with van der Waals surface area (Å²) in [5, 5.41) is 4.35. The molecular formula is C16H17ClN2O. The fourth-order valence-corrected chi connectivity index (χ4v) is 2.99. The molecule has 20 heavy (non-hydrogen) atoms. The molecule has 1 aromatic carbocycles. The molecule has 0 aliphatic heterocycles. The number of hydrogen-bond acceptors (Lipinski definition) is 2. The minimum absolute atomic E-state index is 0.123. The number of aromatic nitrogens is 2. The Morgan fingerprint density at radius 3 is 2.70 bits per heavy atom. The molecule has 0 saturated carbocycles. The highest BCUT2D eigenvalue weighted by molar-refractivity contribution is 6.17. The highest BCUT2D eigenvalue weighted by Gasteiger charge is 2.12. The molecule has 0 atom stereocenters. The summed E-state index contributed by atoms with van der Waals surface area (Å²) in [7, 11) is 1.67. The van der Waals surface area contributed by atoms with E-state index in [9.17, 15) is 4.79 Å². The molecule has 3 rings (SSSR count). The van der Waals surface area contributed by atoms with Crippen LogP contribution in [0.2, 0.25) is 0 Å². The van der Waals surface area contributed by atoms with E-state index in [1.54, 1.807) is 13.1 Å². The Kier molecular flexibility index (Phi) is 3.62. The molecule has 0 saturated heterocycles. The van der Waals surface area contributed by atoms with Gasteiger partial charge in [0.25, 0.3) is 5.56 Å². The van der Waals surface area contributed by atoms with Gasteiger partial charge in [-0.05, 0) is 48.9 Å². The first-order chi connectivity index (χ1) is 9.69. The highest BCUT2D eigenvalue weighted by Crippen LogP contribution is 2.26. The summed E-state index contributed by atoms with van der Waals surface area (Å²) in [5.74, 6) is 0.215. The lowest BCUT2D eigenvalue weighted by Crippen LogP contribution is -2.23. The van der Waals surface area contributed by atoms with Gasteiger partial charge in [-0.1, -0.05) is 12.1 Å². The van der Waals surface area contributed by atoms with Crippen molar-refractivity contribution in [2.24, 2.45) is 7.05 Å². The van der Waals surface area contributed by atoms with Gasteiger partial charge in [-0.25, -0.2) is 4.68 Å². The van der Waals surface area contributed by atoms with E-state index in [0.717, 1.165) is 17.7 Å². The molecule has 1 aromatic heterocycles. The van der Waals surface area contributed by atoms with Gasteiger partial charge in [-0.3, -0.25) is 4.79 Å². The molecule has 1 heterocycles. The quantitative estimate of drug-likeness (QED) is 0.796. The van der Waals surface area contributed by atoms with E-state index in [2.05, 4.69) is 23.3 Å². The summed E-state index contributed by atoms with van der Waals surface area (Å²) in [4.78, 5) is 11.8. The maximum atomic E-state index is 11.8. The number of fused-ring (bicyclic) bond motifs is 1. The zero-order valence-corrected chi connectivity index (χ0v) is 12.3. The van der Waals surface area contributed by atoms with E-state index in [4.69, 9.17) is 11.6 Å². The second-order valence-corrected chi connectivity index (χ2v) is 5.58. The van der Waals surface area contributed by atoms with Crippen molar-refractivity contribution in [2.45, 2.75) is 31.6 Å². The standard InChI is InChI=1S/C16H17ClN2O/c1-19-16(20)14(10-17)9-15(18-19)13-7-6-11-4-2-3-5-12(11)8-13/h6-9H,2-5,10H2,1H3. The average molecular weight is 289 g/mol. The first-order valence-electron chi connectivity index (χ1n) is 6.94. The Morgan fingerprint density at radius 1 is 1.20 bits per heavy atom. The van der Waals surface area contributed by atoms with Crippen LogP contribution in [0, 0.1) is 0 Å². The monoisotopic (exact) mass is 288 g/mol. The zero-order valence-electron chi connectivity index (χ0n) is 11.5. The first kappa shape index (κ1) is 13.4. The van der Waals surface area contributed by atoms with Gasteiger partial charge in [0.2, 0.25) is 0 Å². The number of halogens is 1. The molecule has 0 fully saturated rings. The molecule has 0 radical (unpaired) electrons. The van der Waals surface area contributed by atoms with Gasteiger partial charge >= 0.3 is 0 Å². The maximum Gasteiger partial charge on any atom is 0.270 e. The van der Waals surface area contributed by atoms with Crippen LogP contribution in [-0.2, 0) is 25.8 Å². The van der Waals surface area contributed by atoms with Crippen LogP contribution in [0.15, 0.2) is 29.1 Å². The number of rotatable bonds is 2. The lowest BCUT2D eigenvalue weighted by Gasteiger charge is -2.16. The molecule has 4 heteroatoms. The number of aryl methyl sites for hydroxylation is 3. The first-order valence-corrected chi connectivity index (χ1v) is 7.48. The fourth-order valence-electron chi connectivity index (χ4n) is 2.80. The smallest absolute Gasteiger partial charge is 0.267 e. The molecule has 104 valence electrons. The molecule has 0 unspecified atom stereocenters. The summed E-state index contributed by atoms with van der Waals surface area (Å²) in [5.41, 5.74) is 5.21. The summed E-state index contributed by atoms with van der Waals surface area (Å²) in [6.45, 7) is 0. The Bertz CT molecular complexity index is 706. The minimum atomic E-state index is -0.123. The van der Waals surface area contributed by atoms with Gasteiger partial charge in [0.05, 0.1) is 11.6 Å². The van der Waals surface area contributed by atoms with Crippen LogP contribution in [0.25, 0.3) is 11.3 Å². The van der Waals surface area contributed by atoms with Crippen LogP contribution in [0.5, 0.6) is 0 Å². The van der Waals surface area contributed by atoms with Gasteiger partial charge in [-0.2, -0.15) is 5.10 Å². The molecule has 2 aromatic rings. The maximum absolute atomic E-state index is 11.8. The van der Waals surface area contributed by atoms with Crippen molar-refractivity contribution in [3.05, 3.63) is 51.3 Å². The lowest BCUT2D eigenvalue weighted by molar-refractivity contribution is 0.685. The predicted octanol–water partition coefficient (Wildman–Crippen LogP) is 3.06. The Labute approximate surface area is 123 Å². The van der Waals surface area contributed by atoms with Crippen molar-refractivity contribution in [2.75, 3.05) is 0 Å². The molecule has 0 bridgehead atoms. The Morgan fingerprint density at radius 2 is 1.95 bits per heavy atom. The number of benzene rings is 1. The highest BCUT2D eigenvalue weighted by atomic mass is 35.5. The molecule has 3 nitrogen and oxygen atoms in total. The van der Waals surface area contributed by atoms with E-state index < -0.39 is 0 Å².